The number of halogens is 3. The lowest BCUT2D eigenvalue weighted by atomic mass is 10.2. The number of rotatable bonds is 8. The summed E-state index contributed by atoms with van der Waals surface area (Å²) in [5.74, 6) is -0.0918. The number of carbonyl (C=O) groups excluding carboxylic acids is 2. The first kappa shape index (κ1) is 23.7. The fourth-order valence-corrected chi connectivity index (χ4v) is 3.53. The molecule has 0 spiro atoms. The molecule has 1 heterocycles. The quantitative estimate of drug-likeness (QED) is 0.633. The predicted molar refractivity (Wildman–Crippen MR) is 116 cm³/mol. The Balaban J connectivity index is 1.72. The summed E-state index contributed by atoms with van der Waals surface area (Å²) in [6, 6.07) is 7.90. The van der Waals surface area contributed by atoms with Crippen LogP contribution >= 0.6 is 0 Å². The molecule has 1 saturated carbocycles. The monoisotopic (exact) mass is 450 g/mol. The van der Waals surface area contributed by atoms with Crippen molar-refractivity contribution in [3.05, 3.63) is 53.9 Å². The van der Waals surface area contributed by atoms with Gasteiger partial charge >= 0.3 is 12.2 Å². The van der Waals surface area contributed by atoms with Crippen LogP contribution in [0, 0.1) is 5.92 Å². The number of amides is 3. The Labute approximate surface area is 186 Å². The molecule has 32 heavy (non-hydrogen) atoms. The Morgan fingerprint density at radius 1 is 1.19 bits per heavy atom. The minimum atomic E-state index is -4.50. The fourth-order valence-electron chi connectivity index (χ4n) is 3.53. The summed E-state index contributed by atoms with van der Waals surface area (Å²) in [6.45, 7) is 4.45. The van der Waals surface area contributed by atoms with Gasteiger partial charge in [-0.25, -0.2) is 4.79 Å². The van der Waals surface area contributed by atoms with Crippen LogP contribution in [0.2, 0.25) is 0 Å². The zero-order chi connectivity index (χ0) is 23.5. The minimum absolute atomic E-state index is 0.0360. The number of anilines is 1. The summed E-state index contributed by atoms with van der Waals surface area (Å²) >= 11 is 0. The summed E-state index contributed by atoms with van der Waals surface area (Å²) in [5.41, 5.74) is 0.187. The number of alkyl halides is 3. The van der Waals surface area contributed by atoms with Crippen LogP contribution in [-0.2, 0) is 24.6 Å². The molecule has 9 heteroatoms. The van der Waals surface area contributed by atoms with Gasteiger partial charge in [0.05, 0.1) is 12.1 Å². The average molecular weight is 451 g/mol. The summed E-state index contributed by atoms with van der Waals surface area (Å²) in [5, 5.41) is 2.52. The number of hydrogen-bond donors (Lipinski definition) is 1. The molecule has 0 atom stereocenters. The molecule has 1 fully saturated rings. The van der Waals surface area contributed by atoms with Crippen molar-refractivity contribution in [2.45, 2.75) is 45.5 Å². The van der Waals surface area contributed by atoms with Gasteiger partial charge in [-0.05, 0) is 49.1 Å². The Morgan fingerprint density at radius 3 is 2.47 bits per heavy atom. The van der Waals surface area contributed by atoms with Crippen molar-refractivity contribution < 1.29 is 22.8 Å². The van der Waals surface area contributed by atoms with Gasteiger partial charge in [-0.15, -0.1) is 0 Å². The molecule has 1 aromatic carbocycles. The number of aryl methyl sites for hydroxylation is 1. The Hall–Kier alpha value is -2.97. The molecule has 1 aliphatic rings. The van der Waals surface area contributed by atoms with Gasteiger partial charge in [0.2, 0.25) is 5.91 Å². The third kappa shape index (κ3) is 6.27. The minimum Gasteiger partial charge on any atom is -0.353 e. The second-order valence-electron chi connectivity index (χ2n) is 8.65. The molecule has 0 aliphatic heterocycles. The van der Waals surface area contributed by atoms with Crippen molar-refractivity contribution in [3.8, 4) is 0 Å². The van der Waals surface area contributed by atoms with Crippen LogP contribution < -0.4 is 5.32 Å². The maximum Gasteiger partial charge on any atom is 0.416 e. The van der Waals surface area contributed by atoms with Gasteiger partial charge in [-0.1, -0.05) is 19.9 Å². The summed E-state index contributed by atoms with van der Waals surface area (Å²) in [7, 11) is 1.92. The maximum absolute atomic E-state index is 13.1. The lowest BCUT2D eigenvalue weighted by Crippen LogP contribution is -2.46. The Bertz CT molecular complexity index is 951. The highest BCUT2D eigenvalue weighted by Crippen LogP contribution is 2.31. The Kier molecular flexibility index (Phi) is 7.16. The van der Waals surface area contributed by atoms with E-state index in [1.165, 1.54) is 17.0 Å². The number of benzene rings is 1. The van der Waals surface area contributed by atoms with Gasteiger partial charge in [0.1, 0.15) is 6.54 Å². The van der Waals surface area contributed by atoms with Crippen LogP contribution in [0.4, 0.5) is 23.7 Å². The van der Waals surface area contributed by atoms with E-state index >= 15 is 0 Å². The standard InChI is InChI=1S/C23H29F3N4O2/c1-16(2)13-29(22(32)27-18-7-4-6-17(12-18)23(24,25)26)15-21(31)30(19-9-10-19)14-20-8-5-11-28(20)3/h4-8,11-12,16,19H,9-10,13-15H2,1-3H3,(H,27,32). The molecule has 3 amide bonds. The number of urea groups is 1. The topological polar surface area (TPSA) is 57.6 Å². The van der Waals surface area contributed by atoms with Gasteiger partial charge in [0.15, 0.2) is 0 Å². The lowest BCUT2D eigenvalue weighted by Gasteiger charge is -2.29. The third-order valence-electron chi connectivity index (χ3n) is 5.33. The fraction of sp³-hybridized carbons (Fsp3) is 0.478. The molecule has 0 bridgehead atoms. The van der Waals surface area contributed by atoms with E-state index in [1.807, 2.05) is 43.8 Å². The molecule has 0 saturated heterocycles. The molecule has 1 aliphatic carbocycles. The number of hydrogen-bond acceptors (Lipinski definition) is 2. The van der Waals surface area contributed by atoms with Crippen LogP contribution in [0.25, 0.3) is 0 Å². The van der Waals surface area contributed by atoms with Gasteiger partial charge in [-0.3, -0.25) is 4.79 Å². The van der Waals surface area contributed by atoms with Gasteiger partial charge in [-0.2, -0.15) is 13.2 Å². The van der Waals surface area contributed by atoms with Crippen molar-refractivity contribution in [1.29, 1.82) is 0 Å². The van der Waals surface area contributed by atoms with E-state index in [2.05, 4.69) is 5.32 Å². The van der Waals surface area contributed by atoms with Crippen molar-refractivity contribution in [3.63, 3.8) is 0 Å². The average Bonchev–Trinajstić information content (AvgIpc) is 3.46. The molecular formula is C23H29F3N4O2. The second kappa shape index (κ2) is 9.67. The molecule has 3 rings (SSSR count). The predicted octanol–water partition coefficient (Wildman–Crippen LogP) is 4.73. The molecular weight excluding hydrogens is 421 g/mol. The maximum atomic E-state index is 13.1. The number of nitrogens with zero attached hydrogens (tertiary/aromatic N) is 3. The first-order chi connectivity index (χ1) is 15.0. The van der Waals surface area contributed by atoms with Crippen LogP contribution in [0.5, 0.6) is 0 Å². The highest BCUT2D eigenvalue weighted by atomic mass is 19.4. The molecule has 174 valence electrons. The number of carbonyl (C=O) groups is 2. The summed E-state index contributed by atoms with van der Waals surface area (Å²) in [6.07, 6.45) is -0.734. The number of nitrogens with one attached hydrogen (secondary N) is 1. The van der Waals surface area contributed by atoms with Gasteiger partial charge < -0.3 is 19.7 Å². The zero-order valence-corrected chi connectivity index (χ0v) is 18.5. The Morgan fingerprint density at radius 2 is 1.91 bits per heavy atom. The summed E-state index contributed by atoms with van der Waals surface area (Å²) in [4.78, 5) is 29.2. The van der Waals surface area contributed by atoms with Crippen molar-refractivity contribution in [2.75, 3.05) is 18.4 Å². The normalized spacial score (nSPS) is 13.8. The van der Waals surface area contributed by atoms with E-state index in [9.17, 15) is 22.8 Å². The van der Waals surface area contributed by atoms with Crippen molar-refractivity contribution in [2.24, 2.45) is 13.0 Å². The molecule has 1 N–H and O–H groups in total. The van der Waals surface area contributed by atoms with E-state index in [0.717, 1.165) is 30.7 Å². The number of aromatic nitrogens is 1. The second-order valence-corrected chi connectivity index (χ2v) is 8.65. The van der Waals surface area contributed by atoms with Crippen molar-refractivity contribution in [1.82, 2.24) is 14.4 Å². The van der Waals surface area contributed by atoms with E-state index in [1.54, 1.807) is 4.90 Å². The van der Waals surface area contributed by atoms with Crippen LogP contribution in [0.3, 0.4) is 0 Å². The molecule has 1 aromatic heterocycles. The van der Waals surface area contributed by atoms with E-state index in [4.69, 9.17) is 0 Å². The van der Waals surface area contributed by atoms with Gasteiger partial charge in [0, 0.05) is 37.2 Å². The SMILES string of the molecule is CC(C)CN(CC(=O)N(Cc1cccn1C)C1CC1)C(=O)Nc1cccc(C(F)(F)F)c1. The van der Waals surface area contributed by atoms with E-state index < -0.39 is 17.8 Å². The van der Waals surface area contributed by atoms with Gasteiger partial charge in [0.25, 0.3) is 0 Å². The third-order valence-corrected chi connectivity index (χ3v) is 5.33. The molecule has 2 aromatic rings. The largest absolute Gasteiger partial charge is 0.416 e. The lowest BCUT2D eigenvalue weighted by molar-refractivity contribution is -0.137. The van der Waals surface area contributed by atoms with Crippen LogP contribution in [-0.4, -0.2) is 45.4 Å². The van der Waals surface area contributed by atoms with E-state index in [-0.39, 0.29) is 30.1 Å². The van der Waals surface area contributed by atoms with Crippen LogP contribution in [0.1, 0.15) is 37.9 Å². The molecule has 0 radical (unpaired) electrons. The van der Waals surface area contributed by atoms with Crippen LogP contribution in [0.15, 0.2) is 42.6 Å². The first-order valence-corrected chi connectivity index (χ1v) is 10.7. The van der Waals surface area contributed by atoms with E-state index in [0.29, 0.717) is 13.1 Å². The summed E-state index contributed by atoms with van der Waals surface area (Å²) < 4.78 is 40.9. The zero-order valence-electron chi connectivity index (χ0n) is 18.5. The smallest absolute Gasteiger partial charge is 0.353 e. The first-order valence-electron chi connectivity index (χ1n) is 10.7. The highest BCUT2D eigenvalue weighted by Gasteiger charge is 2.34. The molecule has 6 nitrogen and oxygen atoms in total. The molecule has 0 unspecified atom stereocenters. The highest BCUT2D eigenvalue weighted by molar-refractivity contribution is 5.92. The van der Waals surface area contributed by atoms with Crippen molar-refractivity contribution >= 4 is 17.6 Å².